The van der Waals surface area contributed by atoms with Crippen molar-refractivity contribution in [2.75, 3.05) is 14.2 Å². The summed E-state index contributed by atoms with van der Waals surface area (Å²) in [4.78, 5) is 14.5. The Morgan fingerprint density at radius 1 is 0.969 bits per heavy atom. The van der Waals surface area contributed by atoms with Gasteiger partial charge < -0.3 is 14.1 Å². The lowest BCUT2D eigenvalue weighted by Gasteiger charge is -2.19. The first-order valence-corrected chi connectivity index (χ1v) is 10.4. The largest absolute Gasteiger partial charge is 0.496 e. The van der Waals surface area contributed by atoms with Crippen molar-refractivity contribution in [2.24, 2.45) is 0 Å². The average molecular weight is 448 g/mol. The highest BCUT2D eigenvalue weighted by Gasteiger charge is 2.16. The van der Waals surface area contributed by atoms with Gasteiger partial charge in [-0.3, -0.25) is 4.79 Å². The molecule has 0 aliphatic carbocycles. The van der Waals surface area contributed by atoms with Gasteiger partial charge in [-0.05, 0) is 61.5 Å². The second-order valence-corrected chi connectivity index (χ2v) is 7.91. The zero-order valence-corrected chi connectivity index (χ0v) is 18.8. The number of nitrogens with zero attached hydrogens (tertiary/aromatic N) is 3. The van der Waals surface area contributed by atoms with Gasteiger partial charge in [0.15, 0.2) is 0 Å². The minimum absolute atomic E-state index is 0.121. The van der Waals surface area contributed by atoms with E-state index in [4.69, 9.17) is 20.8 Å². The summed E-state index contributed by atoms with van der Waals surface area (Å²) in [5.41, 5.74) is 4.15. The molecular formula is C25H22ClN3O3. The Kier molecular flexibility index (Phi) is 6.23. The number of rotatable bonds is 6. The number of carbonyl (C=O) groups excluding carboxylic acids is 1. The van der Waals surface area contributed by atoms with Crippen molar-refractivity contribution in [3.8, 4) is 28.7 Å². The number of amides is 1. The van der Waals surface area contributed by atoms with Crippen molar-refractivity contribution < 1.29 is 13.9 Å². The molecule has 4 aromatic rings. The second kappa shape index (κ2) is 9.24. The van der Waals surface area contributed by atoms with Crippen LogP contribution in [0.3, 0.4) is 0 Å². The molecule has 1 heterocycles. The van der Waals surface area contributed by atoms with Gasteiger partial charge in [0.05, 0.1) is 7.11 Å². The molecule has 32 heavy (non-hydrogen) atoms. The van der Waals surface area contributed by atoms with E-state index in [1.54, 1.807) is 61.5 Å². The highest BCUT2D eigenvalue weighted by atomic mass is 35.5. The summed E-state index contributed by atoms with van der Waals surface area (Å²) in [5.74, 6) is 1.42. The molecule has 0 saturated carbocycles. The lowest BCUT2D eigenvalue weighted by Crippen LogP contribution is -2.26. The lowest BCUT2D eigenvalue weighted by molar-refractivity contribution is 0.0784. The summed E-state index contributed by atoms with van der Waals surface area (Å²) in [7, 11) is 3.33. The molecule has 0 fully saturated rings. The maximum atomic E-state index is 12.9. The zero-order chi connectivity index (χ0) is 22.7. The molecule has 0 bridgehead atoms. The van der Waals surface area contributed by atoms with Crippen molar-refractivity contribution in [2.45, 2.75) is 13.5 Å². The van der Waals surface area contributed by atoms with E-state index in [1.807, 2.05) is 31.2 Å². The summed E-state index contributed by atoms with van der Waals surface area (Å²) in [5, 5.41) is 8.87. The van der Waals surface area contributed by atoms with Gasteiger partial charge in [-0.15, -0.1) is 10.2 Å². The standard InChI is InChI=1S/C25H22ClN3O3/c1-16-4-6-17(7-5-16)23-27-28-24(32-23)18-8-10-19(11-9-18)25(30)29(2)15-20-14-21(26)12-13-22(20)31-3/h4-14H,15H2,1-3H3. The van der Waals surface area contributed by atoms with E-state index >= 15 is 0 Å². The molecule has 0 N–H and O–H groups in total. The van der Waals surface area contributed by atoms with Crippen LogP contribution in [0, 0.1) is 6.92 Å². The van der Waals surface area contributed by atoms with Crippen LogP contribution in [0.1, 0.15) is 21.5 Å². The molecule has 7 heteroatoms. The van der Waals surface area contributed by atoms with Crippen LogP contribution >= 0.6 is 11.6 Å². The van der Waals surface area contributed by atoms with Crippen LogP contribution < -0.4 is 4.74 Å². The second-order valence-electron chi connectivity index (χ2n) is 7.47. The number of benzene rings is 3. The van der Waals surface area contributed by atoms with Crippen molar-refractivity contribution >= 4 is 17.5 Å². The first-order chi connectivity index (χ1) is 15.4. The van der Waals surface area contributed by atoms with E-state index in [1.165, 1.54) is 0 Å². The monoisotopic (exact) mass is 447 g/mol. The number of aryl methyl sites for hydroxylation is 1. The number of hydrogen-bond donors (Lipinski definition) is 0. The van der Waals surface area contributed by atoms with E-state index in [9.17, 15) is 4.79 Å². The van der Waals surface area contributed by atoms with E-state index in [0.29, 0.717) is 34.7 Å². The number of carbonyl (C=O) groups is 1. The zero-order valence-electron chi connectivity index (χ0n) is 18.0. The van der Waals surface area contributed by atoms with Crippen LogP contribution in [0.2, 0.25) is 5.02 Å². The van der Waals surface area contributed by atoms with Crippen molar-refractivity contribution in [3.05, 3.63) is 88.4 Å². The van der Waals surface area contributed by atoms with Crippen molar-refractivity contribution in [3.63, 3.8) is 0 Å². The van der Waals surface area contributed by atoms with Gasteiger partial charge >= 0.3 is 0 Å². The Hall–Kier alpha value is -3.64. The number of aromatic nitrogens is 2. The number of hydrogen-bond acceptors (Lipinski definition) is 5. The molecule has 0 atom stereocenters. The molecule has 0 radical (unpaired) electrons. The predicted octanol–water partition coefficient (Wildman–Crippen LogP) is 5.65. The third kappa shape index (κ3) is 4.65. The maximum Gasteiger partial charge on any atom is 0.253 e. The topological polar surface area (TPSA) is 68.5 Å². The van der Waals surface area contributed by atoms with Gasteiger partial charge in [-0.25, -0.2) is 0 Å². The van der Waals surface area contributed by atoms with E-state index < -0.39 is 0 Å². The minimum Gasteiger partial charge on any atom is -0.496 e. The molecule has 0 aliphatic heterocycles. The van der Waals surface area contributed by atoms with Crippen LogP contribution in [0.25, 0.3) is 22.9 Å². The third-order valence-electron chi connectivity index (χ3n) is 5.10. The van der Waals surface area contributed by atoms with Gasteiger partial charge in [-0.1, -0.05) is 29.3 Å². The van der Waals surface area contributed by atoms with Gasteiger partial charge in [0.1, 0.15) is 5.75 Å². The molecule has 1 aromatic heterocycles. The van der Waals surface area contributed by atoms with Gasteiger partial charge in [0, 0.05) is 40.9 Å². The molecule has 0 aliphatic rings. The van der Waals surface area contributed by atoms with Gasteiger partial charge in [0.25, 0.3) is 5.91 Å². The van der Waals surface area contributed by atoms with Crippen LogP contribution in [0.15, 0.2) is 71.1 Å². The molecule has 6 nitrogen and oxygen atoms in total. The summed E-state index contributed by atoms with van der Waals surface area (Å²) >= 11 is 6.10. The highest BCUT2D eigenvalue weighted by Crippen LogP contribution is 2.26. The summed E-state index contributed by atoms with van der Waals surface area (Å²) in [6, 6.07) is 20.3. The fraction of sp³-hybridized carbons (Fsp3) is 0.160. The summed E-state index contributed by atoms with van der Waals surface area (Å²) in [6.07, 6.45) is 0. The molecule has 3 aromatic carbocycles. The smallest absolute Gasteiger partial charge is 0.253 e. The summed E-state index contributed by atoms with van der Waals surface area (Å²) in [6.45, 7) is 2.39. The maximum absolute atomic E-state index is 12.9. The van der Waals surface area contributed by atoms with Gasteiger partial charge in [-0.2, -0.15) is 0 Å². The van der Waals surface area contributed by atoms with Crippen LogP contribution in [-0.2, 0) is 6.54 Å². The molecule has 4 rings (SSSR count). The fourth-order valence-corrected chi connectivity index (χ4v) is 3.52. The van der Waals surface area contributed by atoms with Crippen molar-refractivity contribution in [1.82, 2.24) is 15.1 Å². The molecule has 162 valence electrons. The van der Waals surface area contributed by atoms with Crippen LogP contribution in [-0.4, -0.2) is 35.2 Å². The molecule has 1 amide bonds. The fourth-order valence-electron chi connectivity index (χ4n) is 3.33. The average Bonchev–Trinajstić information content (AvgIpc) is 3.29. The Labute approximate surface area is 191 Å². The number of methoxy groups -OCH3 is 1. The number of halogens is 1. The van der Waals surface area contributed by atoms with Gasteiger partial charge in [0.2, 0.25) is 11.8 Å². The molecule has 0 saturated heterocycles. The van der Waals surface area contributed by atoms with Crippen molar-refractivity contribution in [1.29, 1.82) is 0 Å². The SMILES string of the molecule is COc1ccc(Cl)cc1CN(C)C(=O)c1ccc(-c2nnc(-c3ccc(C)cc3)o2)cc1. The Morgan fingerprint density at radius 2 is 1.56 bits per heavy atom. The Balaban J connectivity index is 1.48. The molecule has 0 unspecified atom stereocenters. The third-order valence-corrected chi connectivity index (χ3v) is 5.33. The van der Waals surface area contributed by atoms with Crippen LogP contribution in [0.4, 0.5) is 0 Å². The Morgan fingerprint density at radius 3 is 2.16 bits per heavy atom. The Bertz CT molecular complexity index is 1230. The van der Waals surface area contributed by atoms with E-state index in [-0.39, 0.29) is 5.91 Å². The minimum atomic E-state index is -0.121. The lowest BCUT2D eigenvalue weighted by atomic mass is 10.1. The number of ether oxygens (including phenoxy) is 1. The quantitative estimate of drug-likeness (QED) is 0.382. The molecule has 0 spiro atoms. The first-order valence-electron chi connectivity index (χ1n) is 10.0. The first kappa shape index (κ1) is 21.6. The summed E-state index contributed by atoms with van der Waals surface area (Å²) < 4.78 is 11.2. The van der Waals surface area contributed by atoms with E-state index in [0.717, 1.165) is 22.3 Å². The van der Waals surface area contributed by atoms with Crippen LogP contribution in [0.5, 0.6) is 5.75 Å². The highest BCUT2D eigenvalue weighted by molar-refractivity contribution is 6.30. The van der Waals surface area contributed by atoms with E-state index in [2.05, 4.69) is 10.2 Å². The molecular weight excluding hydrogens is 426 g/mol. The predicted molar refractivity (Wildman–Crippen MR) is 124 cm³/mol. The normalized spacial score (nSPS) is 10.8.